The van der Waals surface area contributed by atoms with Gasteiger partial charge in [-0.1, -0.05) is 54.6 Å². The molecule has 41 heavy (non-hydrogen) atoms. The summed E-state index contributed by atoms with van der Waals surface area (Å²) in [6.07, 6.45) is 6.40. The summed E-state index contributed by atoms with van der Waals surface area (Å²) in [6, 6.07) is 13.8. The van der Waals surface area contributed by atoms with Crippen molar-refractivity contribution < 1.29 is 24.0 Å². The van der Waals surface area contributed by atoms with Crippen LogP contribution in [0.1, 0.15) is 73.5 Å². The summed E-state index contributed by atoms with van der Waals surface area (Å²) >= 11 is 0. The number of fused-ring (bicyclic) bond motifs is 1. The molecule has 3 N–H and O–H groups in total. The number of Topliss-reactive ketones (excluding diaryl/α,β-unsaturated/α-hetero) is 2. The van der Waals surface area contributed by atoms with Crippen molar-refractivity contribution in [3.05, 3.63) is 76.9 Å². The Hall–Kier alpha value is -4.07. The van der Waals surface area contributed by atoms with Gasteiger partial charge in [0.05, 0.1) is 6.04 Å². The molecule has 1 aliphatic carbocycles. The van der Waals surface area contributed by atoms with Crippen LogP contribution in [-0.4, -0.2) is 47.4 Å². The van der Waals surface area contributed by atoms with Crippen LogP contribution < -0.4 is 16.0 Å². The van der Waals surface area contributed by atoms with E-state index in [-0.39, 0.29) is 31.0 Å². The Morgan fingerprint density at radius 3 is 2.51 bits per heavy atom. The second-order valence-electron chi connectivity index (χ2n) is 12.0. The van der Waals surface area contributed by atoms with Gasteiger partial charge < -0.3 is 16.0 Å². The first-order valence-electron chi connectivity index (χ1n) is 14.3. The van der Waals surface area contributed by atoms with Gasteiger partial charge in [-0.05, 0) is 75.6 Å². The van der Waals surface area contributed by atoms with Gasteiger partial charge in [0.25, 0.3) is 5.91 Å². The molecular formula is C33H39N3O5. The number of hydrogen-bond acceptors (Lipinski definition) is 5. The van der Waals surface area contributed by atoms with E-state index in [2.05, 4.69) is 16.0 Å². The summed E-state index contributed by atoms with van der Waals surface area (Å²) < 4.78 is 0. The smallest absolute Gasteiger partial charge is 0.290 e. The van der Waals surface area contributed by atoms with E-state index >= 15 is 0 Å². The maximum atomic E-state index is 13.8. The predicted molar refractivity (Wildman–Crippen MR) is 157 cm³/mol. The summed E-state index contributed by atoms with van der Waals surface area (Å²) in [6.45, 7) is 5.84. The van der Waals surface area contributed by atoms with Crippen molar-refractivity contribution in [1.29, 1.82) is 0 Å². The molecule has 8 heteroatoms. The van der Waals surface area contributed by atoms with Crippen molar-refractivity contribution in [3.63, 3.8) is 0 Å². The van der Waals surface area contributed by atoms with Gasteiger partial charge in [0.2, 0.25) is 17.6 Å². The van der Waals surface area contributed by atoms with Crippen LogP contribution in [0.2, 0.25) is 0 Å². The fraction of sp³-hybridized carbons (Fsp3) is 0.424. The molecule has 2 aromatic carbocycles. The molecule has 0 unspecified atom stereocenters. The van der Waals surface area contributed by atoms with Crippen molar-refractivity contribution in [2.75, 3.05) is 6.54 Å². The zero-order chi connectivity index (χ0) is 29.6. The van der Waals surface area contributed by atoms with Gasteiger partial charge in [0.15, 0.2) is 5.78 Å². The van der Waals surface area contributed by atoms with E-state index in [9.17, 15) is 24.0 Å². The van der Waals surface area contributed by atoms with Crippen LogP contribution in [0.4, 0.5) is 0 Å². The van der Waals surface area contributed by atoms with Gasteiger partial charge in [0.1, 0.15) is 0 Å². The van der Waals surface area contributed by atoms with Gasteiger partial charge in [-0.15, -0.1) is 0 Å². The van der Waals surface area contributed by atoms with E-state index < -0.39 is 41.0 Å². The lowest BCUT2D eigenvalue weighted by Crippen LogP contribution is -2.54. The highest BCUT2D eigenvalue weighted by Gasteiger charge is 2.36. The average molecular weight is 558 g/mol. The minimum Gasteiger partial charge on any atom is -0.356 e. The van der Waals surface area contributed by atoms with Gasteiger partial charge in [-0.3, -0.25) is 24.0 Å². The van der Waals surface area contributed by atoms with Crippen molar-refractivity contribution in [2.45, 2.75) is 70.9 Å². The van der Waals surface area contributed by atoms with Crippen molar-refractivity contribution >= 4 is 35.4 Å². The van der Waals surface area contributed by atoms with E-state index in [1.165, 1.54) is 0 Å². The van der Waals surface area contributed by atoms with Crippen LogP contribution in [0.5, 0.6) is 0 Å². The number of carbonyl (C=O) groups is 5. The van der Waals surface area contributed by atoms with E-state index in [0.29, 0.717) is 18.5 Å². The van der Waals surface area contributed by atoms with Crippen LogP contribution in [0.3, 0.4) is 0 Å². The van der Waals surface area contributed by atoms with Gasteiger partial charge in [-0.25, -0.2) is 0 Å². The first-order chi connectivity index (χ1) is 19.5. The van der Waals surface area contributed by atoms with Gasteiger partial charge in [0, 0.05) is 35.9 Å². The summed E-state index contributed by atoms with van der Waals surface area (Å²) in [5.41, 5.74) is 2.90. The molecule has 3 amide bonds. The van der Waals surface area contributed by atoms with Crippen LogP contribution in [-0.2, 0) is 32.0 Å². The first-order valence-corrected chi connectivity index (χ1v) is 14.3. The standard InChI is InChI=1S/C33H39N3O5/c1-33(2,3)36-32(41)29(38)27(19-25-13-8-16-34-30(25)39)35-31(40)26(17-21-9-5-4-6-10-21)20-28(37)24-15-14-22-11-7-12-23(22)18-24/h4-7,9-10,12,14-15,18,25-27H,8,11,13,16-17,19-20H2,1-3H3,(H,34,39)(H,35,40)(H,36,41)/t25-,26+,27-/m0/s1. The number of rotatable bonds is 11. The number of ketones is 2. The van der Waals surface area contributed by atoms with Gasteiger partial charge >= 0.3 is 0 Å². The fourth-order valence-electron chi connectivity index (χ4n) is 5.35. The minimum atomic E-state index is -1.20. The number of hydrogen-bond donors (Lipinski definition) is 3. The summed E-state index contributed by atoms with van der Waals surface area (Å²) in [7, 11) is 0. The third-order valence-corrected chi connectivity index (χ3v) is 7.50. The first kappa shape index (κ1) is 29.9. The van der Waals surface area contributed by atoms with E-state index in [4.69, 9.17) is 0 Å². The molecule has 2 aromatic rings. The van der Waals surface area contributed by atoms with Gasteiger partial charge in [-0.2, -0.15) is 0 Å². The SMILES string of the molecule is CC(C)(C)NC(=O)C(=O)[C@H](C[C@@H]1CCCNC1=O)NC(=O)[C@@H](CC(=O)c1ccc2c(c1)C=CC2)Cc1ccccc1. The molecule has 0 radical (unpaired) electrons. The van der Waals surface area contributed by atoms with E-state index in [1.807, 2.05) is 54.6 Å². The molecule has 1 fully saturated rings. The summed E-state index contributed by atoms with van der Waals surface area (Å²) in [5.74, 6) is -3.78. The number of nitrogens with one attached hydrogen (secondary N) is 3. The van der Waals surface area contributed by atoms with E-state index in [0.717, 1.165) is 29.5 Å². The summed E-state index contributed by atoms with van der Waals surface area (Å²) in [5, 5.41) is 8.24. The molecule has 8 nitrogen and oxygen atoms in total. The fourth-order valence-corrected chi connectivity index (χ4v) is 5.35. The lowest BCUT2D eigenvalue weighted by molar-refractivity contribution is -0.142. The predicted octanol–water partition coefficient (Wildman–Crippen LogP) is 3.57. The van der Waals surface area contributed by atoms with Crippen LogP contribution >= 0.6 is 0 Å². The maximum Gasteiger partial charge on any atom is 0.290 e. The normalized spacial score (nSPS) is 17.6. The number of piperidine rings is 1. The molecule has 1 heterocycles. The molecule has 216 valence electrons. The van der Waals surface area contributed by atoms with Crippen molar-refractivity contribution in [1.82, 2.24) is 16.0 Å². The number of amides is 3. The molecule has 1 aliphatic heterocycles. The maximum absolute atomic E-state index is 13.8. The minimum absolute atomic E-state index is 0.0110. The lowest BCUT2D eigenvalue weighted by atomic mass is 9.88. The molecule has 2 aliphatic rings. The molecule has 3 atom stereocenters. The Bertz CT molecular complexity index is 1340. The third-order valence-electron chi connectivity index (χ3n) is 7.50. The largest absolute Gasteiger partial charge is 0.356 e. The molecule has 0 spiro atoms. The molecule has 4 rings (SSSR count). The highest BCUT2D eigenvalue weighted by molar-refractivity contribution is 6.38. The molecule has 0 saturated carbocycles. The molecule has 0 bridgehead atoms. The Labute approximate surface area is 241 Å². The molecule has 0 aromatic heterocycles. The quantitative estimate of drug-likeness (QED) is 0.288. The second-order valence-corrected chi connectivity index (χ2v) is 12.0. The number of carbonyl (C=O) groups excluding carboxylic acids is 5. The monoisotopic (exact) mass is 557 g/mol. The van der Waals surface area contributed by atoms with Crippen molar-refractivity contribution in [2.24, 2.45) is 11.8 Å². The zero-order valence-electron chi connectivity index (χ0n) is 24.0. The molecule has 1 saturated heterocycles. The number of benzene rings is 2. The Kier molecular flexibility index (Phi) is 9.53. The highest BCUT2D eigenvalue weighted by Crippen LogP contribution is 2.24. The topological polar surface area (TPSA) is 121 Å². The Balaban J connectivity index is 1.56. The van der Waals surface area contributed by atoms with E-state index in [1.54, 1.807) is 26.8 Å². The van der Waals surface area contributed by atoms with Crippen LogP contribution in [0, 0.1) is 11.8 Å². The Morgan fingerprint density at radius 2 is 1.80 bits per heavy atom. The zero-order valence-corrected chi connectivity index (χ0v) is 24.0. The highest BCUT2D eigenvalue weighted by atomic mass is 16.2. The third kappa shape index (κ3) is 8.22. The Morgan fingerprint density at radius 1 is 1.05 bits per heavy atom. The lowest BCUT2D eigenvalue weighted by Gasteiger charge is -2.28. The van der Waals surface area contributed by atoms with Crippen LogP contribution in [0.25, 0.3) is 6.08 Å². The second kappa shape index (κ2) is 13.1. The molecular weight excluding hydrogens is 518 g/mol. The summed E-state index contributed by atoms with van der Waals surface area (Å²) in [4.78, 5) is 65.9. The van der Waals surface area contributed by atoms with Crippen LogP contribution in [0.15, 0.2) is 54.6 Å². The number of allylic oxidation sites excluding steroid dienone is 1. The van der Waals surface area contributed by atoms with Crippen molar-refractivity contribution in [3.8, 4) is 0 Å². The average Bonchev–Trinajstić information content (AvgIpc) is 3.40.